The van der Waals surface area contributed by atoms with Crippen molar-refractivity contribution >= 4 is 35.2 Å². The number of carbonyl (C=O) groups is 3. The topological polar surface area (TPSA) is 87.7 Å². The van der Waals surface area contributed by atoms with E-state index in [0.29, 0.717) is 22.8 Å². The number of nitrogens with one attached hydrogen (secondary N) is 2. The first kappa shape index (κ1) is 34.1. The molecule has 0 saturated carbocycles. The molecule has 41 heavy (non-hydrogen) atoms. The molecule has 7 nitrogen and oxygen atoms in total. The van der Waals surface area contributed by atoms with Crippen LogP contribution in [0.5, 0.6) is 0 Å². The first-order valence-corrected chi connectivity index (χ1v) is 15.1. The predicted octanol–water partition coefficient (Wildman–Crippen LogP) is 8.05. The standard InChI is InChI=1S/C33H48ClN3O4/c1-9-10-11-12-13-14-18-37(31(39)25(5)35-32(40)41-33(6,7)8)29(26-20-22(2)19-23(3)21-26)30(38)36-28-24(4)16-15-17-27(28)34/h15-17,19-21,25,29H,9-14,18H2,1-8H3,(H,35,40)(H,36,38). The van der Waals surface area contributed by atoms with Crippen LogP contribution in [0.25, 0.3) is 0 Å². The Kier molecular flexibility index (Phi) is 13.2. The number of para-hydroxylation sites is 1. The molecule has 0 heterocycles. The summed E-state index contributed by atoms with van der Waals surface area (Å²) in [7, 11) is 0. The second-order valence-electron chi connectivity index (χ2n) is 11.9. The monoisotopic (exact) mass is 585 g/mol. The molecule has 2 rings (SSSR count). The Hall–Kier alpha value is -3.06. The molecule has 0 bridgehead atoms. The van der Waals surface area contributed by atoms with Crippen LogP contribution in [0.3, 0.4) is 0 Å². The molecule has 3 amide bonds. The van der Waals surface area contributed by atoms with Gasteiger partial charge in [-0.3, -0.25) is 9.59 Å². The Bertz CT molecular complexity index is 1150. The van der Waals surface area contributed by atoms with Gasteiger partial charge in [-0.2, -0.15) is 0 Å². The number of unbranched alkanes of at least 4 members (excludes halogenated alkanes) is 5. The van der Waals surface area contributed by atoms with Crippen LogP contribution in [-0.2, 0) is 14.3 Å². The normalized spacial score (nSPS) is 12.8. The van der Waals surface area contributed by atoms with Crippen molar-refractivity contribution in [1.82, 2.24) is 10.2 Å². The summed E-state index contributed by atoms with van der Waals surface area (Å²) in [6.07, 6.45) is 5.49. The van der Waals surface area contributed by atoms with Gasteiger partial charge in [0.15, 0.2) is 0 Å². The third-order valence-electron chi connectivity index (χ3n) is 6.73. The fourth-order valence-corrected chi connectivity index (χ4v) is 5.12. The number of hydrogen-bond donors (Lipinski definition) is 2. The van der Waals surface area contributed by atoms with Crippen LogP contribution < -0.4 is 10.6 Å². The zero-order valence-electron chi connectivity index (χ0n) is 26.0. The van der Waals surface area contributed by atoms with E-state index in [0.717, 1.165) is 48.8 Å². The second-order valence-corrected chi connectivity index (χ2v) is 12.3. The van der Waals surface area contributed by atoms with Gasteiger partial charge in [0.1, 0.15) is 17.7 Å². The fraction of sp³-hybridized carbons (Fsp3) is 0.545. The summed E-state index contributed by atoms with van der Waals surface area (Å²) in [4.78, 5) is 42.3. The number of ether oxygens (including phenoxy) is 1. The molecule has 0 aliphatic heterocycles. The van der Waals surface area contributed by atoms with Crippen molar-refractivity contribution in [2.45, 2.75) is 112 Å². The van der Waals surface area contributed by atoms with Crippen molar-refractivity contribution < 1.29 is 19.1 Å². The Balaban J connectivity index is 2.49. The number of anilines is 1. The van der Waals surface area contributed by atoms with Crippen LogP contribution in [0, 0.1) is 20.8 Å². The average molecular weight is 586 g/mol. The largest absolute Gasteiger partial charge is 0.444 e. The number of halogens is 1. The number of carbonyl (C=O) groups excluding carboxylic acids is 3. The summed E-state index contributed by atoms with van der Waals surface area (Å²) >= 11 is 6.46. The molecule has 2 aromatic carbocycles. The lowest BCUT2D eigenvalue weighted by Gasteiger charge is -2.34. The van der Waals surface area contributed by atoms with E-state index in [1.54, 1.807) is 38.7 Å². The van der Waals surface area contributed by atoms with E-state index in [1.807, 2.05) is 51.1 Å². The highest BCUT2D eigenvalue weighted by atomic mass is 35.5. The van der Waals surface area contributed by atoms with Gasteiger partial charge in [0.2, 0.25) is 5.91 Å². The van der Waals surface area contributed by atoms with Crippen LogP contribution in [-0.4, -0.2) is 41.0 Å². The van der Waals surface area contributed by atoms with Gasteiger partial charge in [-0.1, -0.05) is 92.1 Å². The minimum absolute atomic E-state index is 0.359. The number of alkyl carbamates (subject to hydrolysis) is 1. The SMILES string of the molecule is CCCCCCCCN(C(=O)C(C)NC(=O)OC(C)(C)C)C(C(=O)Nc1c(C)cccc1Cl)c1cc(C)cc(C)c1. The highest BCUT2D eigenvalue weighted by Gasteiger charge is 2.35. The van der Waals surface area contributed by atoms with Crippen LogP contribution in [0.15, 0.2) is 36.4 Å². The highest BCUT2D eigenvalue weighted by Crippen LogP contribution is 2.30. The molecule has 0 spiro atoms. The number of aryl methyl sites for hydroxylation is 3. The highest BCUT2D eigenvalue weighted by molar-refractivity contribution is 6.34. The molecule has 2 N–H and O–H groups in total. The first-order chi connectivity index (χ1) is 19.2. The summed E-state index contributed by atoms with van der Waals surface area (Å²) in [5.41, 5.74) is 3.30. The summed E-state index contributed by atoms with van der Waals surface area (Å²) in [5, 5.41) is 6.09. The Labute approximate surface area is 251 Å². The molecule has 0 aromatic heterocycles. The van der Waals surface area contributed by atoms with Crippen molar-refractivity contribution in [3.8, 4) is 0 Å². The number of nitrogens with zero attached hydrogens (tertiary/aromatic N) is 1. The molecule has 2 unspecified atom stereocenters. The number of amides is 3. The zero-order valence-corrected chi connectivity index (χ0v) is 26.8. The number of benzene rings is 2. The van der Waals surface area contributed by atoms with Gasteiger partial charge in [-0.25, -0.2) is 4.79 Å². The van der Waals surface area contributed by atoms with Crippen LogP contribution in [0.4, 0.5) is 10.5 Å². The molecule has 0 aliphatic carbocycles. The van der Waals surface area contributed by atoms with Gasteiger partial charge >= 0.3 is 6.09 Å². The maximum Gasteiger partial charge on any atom is 0.408 e. The smallest absolute Gasteiger partial charge is 0.408 e. The first-order valence-electron chi connectivity index (χ1n) is 14.7. The fourth-order valence-electron chi connectivity index (χ4n) is 4.85. The third-order valence-corrected chi connectivity index (χ3v) is 7.04. The molecule has 0 aliphatic rings. The van der Waals surface area contributed by atoms with E-state index >= 15 is 0 Å². The van der Waals surface area contributed by atoms with Gasteiger partial charge in [0, 0.05) is 6.54 Å². The van der Waals surface area contributed by atoms with Crippen molar-refractivity contribution in [2.75, 3.05) is 11.9 Å². The van der Waals surface area contributed by atoms with Crippen molar-refractivity contribution in [1.29, 1.82) is 0 Å². The van der Waals surface area contributed by atoms with E-state index in [-0.39, 0.29) is 11.8 Å². The Morgan fingerprint density at radius 3 is 2.15 bits per heavy atom. The minimum atomic E-state index is -0.935. The second kappa shape index (κ2) is 15.8. The van der Waals surface area contributed by atoms with Crippen molar-refractivity contribution in [2.24, 2.45) is 0 Å². The van der Waals surface area contributed by atoms with Crippen LogP contribution in [0.1, 0.15) is 101 Å². The van der Waals surface area contributed by atoms with Gasteiger partial charge in [-0.05, 0) is 72.1 Å². The van der Waals surface area contributed by atoms with Crippen LogP contribution >= 0.6 is 11.6 Å². The van der Waals surface area contributed by atoms with Crippen molar-refractivity contribution in [3.63, 3.8) is 0 Å². The maximum absolute atomic E-state index is 14.1. The summed E-state index contributed by atoms with van der Waals surface area (Å²) in [6, 6.07) is 9.48. The zero-order chi connectivity index (χ0) is 30.7. The van der Waals surface area contributed by atoms with Gasteiger partial charge in [-0.15, -0.1) is 0 Å². The molecule has 0 fully saturated rings. The van der Waals surface area contributed by atoms with E-state index < -0.39 is 23.8 Å². The minimum Gasteiger partial charge on any atom is -0.444 e. The van der Waals surface area contributed by atoms with Gasteiger partial charge in [0.25, 0.3) is 5.91 Å². The lowest BCUT2D eigenvalue weighted by atomic mass is 9.98. The predicted molar refractivity (Wildman–Crippen MR) is 167 cm³/mol. The number of hydrogen-bond acceptors (Lipinski definition) is 4. The Morgan fingerprint density at radius 1 is 0.951 bits per heavy atom. The third kappa shape index (κ3) is 11.0. The van der Waals surface area contributed by atoms with E-state index in [9.17, 15) is 14.4 Å². The van der Waals surface area contributed by atoms with Crippen molar-refractivity contribution in [3.05, 3.63) is 63.7 Å². The summed E-state index contributed by atoms with van der Waals surface area (Å²) < 4.78 is 5.39. The summed E-state index contributed by atoms with van der Waals surface area (Å²) in [5.74, 6) is -0.727. The van der Waals surface area contributed by atoms with E-state index in [1.165, 1.54) is 6.42 Å². The molecule has 2 atom stereocenters. The number of rotatable bonds is 13. The summed E-state index contributed by atoms with van der Waals surface area (Å²) in [6.45, 7) is 15.3. The average Bonchev–Trinajstić information content (AvgIpc) is 2.85. The molecule has 0 saturated heterocycles. The van der Waals surface area contributed by atoms with Gasteiger partial charge in [0.05, 0.1) is 10.7 Å². The Morgan fingerprint density at radius 2 is 1.56 bits per heavy atom. The van der Waals surface area contributed by atoms with Crippen LogP contribution in [0.2, 0.25) is 5.02 Å². The maximum atomic E-state index is 14.1. The molecular formula is C33H48ClN3O4. The molecule has 0 radical (unpaired) electrons. The molecular weight excluding hydrogens is 538 g/mol. The van der Waals surface area contributed by atoms with Gasteiger partial charge < -0.3 is 20.3 Å². The quantitative estimate of drug-likeness (QED) is 0.233. The molecule has 226 valence electrons. The van der Waals surface area contributed by atoms with E-state index in [2.05, 4.69) is 17.6 Å². The van der Waals surface area contributed by atoms with E-state index in [4.69, 9.17) is 16.3 Å². The molecule has 8 heteroatoms. The lowest BCUT2D eigenvalue weighted by molar-refractivity contribution is -0.140. The molecule has 2 aromatic rings. The lowest BCUT2D eigenvalue weighted by Crippen LogP contribution is -2.51.